The van der Waals surface area contributed by atoms with Crippen LogP contribution >= 0.6 is 0 Å². The molecule has 1 rings (SSSR count). The van der Waals surface area contributed by atoms with Crippen molar-refractivity contribution in [3.8, 4) is 0 Å². The first-order chi connectivity index (χ1) is 8.17. The van der Waals surface area contributed by atoms with Gasteiger partial charge in [0.1, 0.15) is 0 Å². The van der Waals surface area contributed by atoms with E-state index in [9.17, 15) is 0 Å². The summed E-state index contributed by atoms with van der Waals surface area (Å²) >= 11 is 0. The van der Waals surface area contributed by atoms with Gasteiger partial charge in [0.15, 0.2) is 0 Å². The lowest BCUT2D eigenvalue weighted by molar-refractivity contribution is 0.128. The van der Waals surface area contributed by atoms with E-state index in [4.69, 9.17) is 10.5 Å². The molecule has 17 heavy (non-hydrogen) atoms. The van der Waals surface area contributed by atoms with Gasteiger partial charge in [-0.2, -0.15) is 0 Å². The highest BCUT2D eigenvalue weighted by Gasteiger charge is 2.28. The molecule has 0 aromatic carbocycles. The molecule has 0 heterocycles. The molecule has 102 valence electrons. The fourth-order valence-corrected chi connectivity index (χ4v) is 3.00. The maximum Gasteiger partial charge on any atom is 0.0589 e. The second-order valence-corrected chi connectivity index (χ2v) is 5.65. The van der Waals surface area contributed by atoms with Crippen LogP contribution in [0.5, 0.6) is 0 Å². The molecule has 1 aliphatic rings. The third kappa shape index (κ3) is 5.36. The number of likely N-dealkylation sites (N-methyl/N-ethyl adjacent to an activating group) is 1. The molecule has 0 spiro atoms. The SMILES string of the molecule is CCCC1CCC(N)C(CN(C)CCOC)C1. The van der Waals surface area contributed by atoms with Crippen LogP contribution in [0.4, 0.5) is 0 Å². The van der Waals surface area contributed by atoms with Crippen LogP contribution in [0.3, 0.4) is 0 Å². The Morgan fingerprint density at radius 1 is 1.35 bits per heavy atom. The highest BCUT2D eigenvalue weighted by molar-refractivity contribution is 4.84. The lowest BCUT2D eigenvalue weighted by Gasteiger charge is -2.36. The minimum atomic E-state index is 0.410. The fourth-order valence-electron chi connectivity index (χ4n) is 3.00. The van der Waals surface area contributed by atoms with Crippen molar-refractivity contribution in [1.82, 2.24) is 4.90 Å². The summed E-state index contributed by atoms with van der Waals surface area (Å²) in [5.74, 6) is 1.60. The zero-order valence-electron chi connectivity index (χ0n) is 11.8. The molecule has 1 saturated carbocycles. The summed E-state index contributed by atoms with van der Waals surface area (Å²) in [5.41, 5.74) is 6.26. The summed E-state index contributed by atoms with van der Waals surface area (Å²) in [6.07, 6.45) is 6.57. The first kappa shape index (κ1) is 14.9. The molecule has 0 radical (unpaired) electrons. The minimum Gasteiger partial charge on any atom is -0.383 e. The number of rotatable bonds is 7. The van der Waals surface area contributed by atoms with Crippen LogP contribution in [-0.4, -0.2) is 44.8 Å². The van der Waals surface area contributed by atoms with Crippen molar-refractivity contribution in [3.63, 3.8) is 0 Å². The van der Waals surface area contributed by atoms with E-state index in [1.807, 2.05) is 0 Å². The van der Waals surface area contributed by atoms with Gasteiger partial charge in [0.2, 0.25) is 0 Å². The van der Waals surface area contributed by atoms with E-state index in [-0.39, 0.29) is 0 Å². The Hall–Kier alpha value is -0.120. The van der Waals surface area contributed by atoms with Crippen LogP contribution in [-0.2, 0) is 4.74 Å². The molecule has 0 aliphatic heterocycles. The number of nitrogens with two attached hydrogens (primary N) is 1. The average Bonchev–Trinajstić information content (AvgIpc) is 2.31. The third-order valence-electron chi connectivity index (χ3n) is 4.07. The third-order valence-corrected chi connectivity index (χ3v) is 4.07. The smallest absolute Gasteiger partial charge is 0.0589 e. The van der Waals surface area contributed by atoms with Gasteiger partial charge in [-0.15, -0.1) is 0 Å². The summed E-state index contributed by atoms with van der Waals surface area (Å²) in [5, 5.41) is 0. The molecule has 3 nitrogen and oxygen atoms in total. The standard InChI is InChI=1S/C14H30N2O/c1-4-5-12-6-7-14(15)13(10-12)11-16(2)8-9-17-3/h12-14H,4-11,15H2,1-3H3. The largest absolute Gasteiger partial charge is 0.383 e. The van der Waals surface area contributed by atoms with Gasteiger partial charge < -0.3 is 15.4 Å². The Morgan fingerprint density at radius 3 is 2.76 bits per heavy atom. The van der Waals surface area contributed by atoms with E-state index in [0.717, 1.165) is 25.6 Å². The van der Waals surface area contributed by atoms with Crippen LogP contribution < -0.4 is 5.73 Å². The van der Waals surface area contributed by atoms with Crippen molar-refractivity contribution in [1.29, 1.82) is 0 Å². The molecule has 3 unspecified atom stereocenters. The van der Waals surface area contributed by atoms with Gasteiger partial charge in [-0.25, -0.2) is 0 Å². The van der Waals surface area contributed by atoms with E-state index >= 15 is 0 Å². The molecule has 3 heteroatoms. The molecule has 0 saturated heterocycles. The maximum absolute atomic E-state index is 6.26. The van der Waals surface area contributed by atoms with Crippen LogP contribution in [0.2, 0.25) is 0 Å². The van der Waals surface area contributed by atoms with Crippen molar-refractivity contribution < 1.29 is 4.74 Å². The van der Waals surface area contributed by atoms with E-state index in [2.05, 4.69) is 18.9 Å². The summed E-state index contributed by atoms with van der Waals surface area (Å²) in [6.45, 7) is 5.24. The van der Waals surface area contributed by atoms with Crippen molar-refractivity contribution >= 4 is 0 Å². The monoisotopic (exact) mass is 242 g/mol. The molecular formula is C14H30N2O. The van der Waals surface area contributed by atoms with Crippen molar-refractivity contribution in [3.05, 3.63) is 0 Å². The van der Waals surface area contributed by atoms with Crippen LogP contribution in [0.1, 0.15) is 39.0 Å². The van der Waals surface area contributed by atoms with Gasteiger partial charge in [0.25, 0.3) is 0 Å². The Kier molecular flexibility index (Phi) is 7.09. The Bertz CT molecular complexity index is 199. The molecule has 1 aliphatic carbocycles. The molecule has 3 atom stereocenters. The fraction of sp³-hybridized carbons (Fsp3) is 1.00. The Balaban J connectivity index is 2.33. The van der Waals surface area contributed by atoms with Crippen molar-refractivity contribution in [2.24, 2.45) is 17.6 Å². The number of ether oxygens (including phenoxy) is 1. The minimum absolute atomic E-state index is 0.410. The second kappa shape index (κ2) is 8.06. The lowest BCUT2D eigenvalue weighted by atomic mass is 9.76. The molecule has 0 bridgehead atoms. The number of methoxy groups -OCH3 is 1. The maximum atomic E-state index is 6.26. The van der Waals surface area contributed by atoms with Gasteiger partial charge in [-0.1, -0.05) is 19.8 Å². The molecule has 1 fully saturated rings. The van der Waals surface area contributed by atoms with E-state index in [1.165, 1.54) is 32.1 Å². The summed E-state index contributed by atoms with van der Waals surface area (Å²) in [4.78, 5) is 2.36. The predicted octanol–water partition coefficient (Wildman–Crippen LogP) is 2.11. The average molecular weight is 242 g/mol. The zero-order chi connectivity index (χ0) is 12.7. The van der Waals surface area contributed by atoms with E-state index in [1.54, 1.807) is 7.11 Å². The predicted molar refractivity (Wildman–Crippen MR) is 73.1 cm³/mol. The summed E-state index contributed by atoms with van der Waals surface area (Å²) in [6, 6.07) is 0.410. The van der Waals surface area contributed by atoms with E-state index < -0.39 is 0 Å². The highest BCUT2D eigenvalue weighted by Crippen LogP contribution is 2.31. The quantitative estimate of drug-likeness (QED) is 0.743. The highest BCUT2D eigenvalue weighted by atomic mass is 16.5. The van der Waals surface area contributed by atoms with E-state index in [0.29, 0.717) is 12.0 Å². The van der Waals surface area contributed by atoms with Crippen LogP contribution in [0.25, 0.3) is 0 Å². The zero-order valence-corrected chi connectivity index (χ0v) is 11.8. The van der Waals surface area contributed by atoms with Gasteiger partial charge in [0.05, 0.1) is 6.61 Å². The first-order valence-electron chi connectivity index (χ1n) is 7.10. The topological polar surface area (TPSA) is 38.5 Å². The molecular weight excluding hydrogens is 212 g/mol. The molecule has 0 aromatic heterocycles. The lowest BCUT2D eigenvalue weighted by Crippen LogP contribution is -2.42. The first-order valence-corrected chi connectivity index (χ1v) is 7.10. The summed E-state index contributed by atoms with van der Waals surface area (Å²) in [7, 11) is 3.94. The summed E-state index contributed by atoms with van der Waals surface area (Å²) < 4.78 is 5.12. The number of hydrogen-bond donors (Lipinski definition) is 1. The van der Waals surface area contributed by atoms with Gasteiger partial charge >= 0.3 is 0 Å². The molecule has 0 amide bonds. The second-order valence-electron chi connectivity index (χ2n) is 5.65. The molecule has 2 N–H and O–H groups in total. The van der Waals surface area contributed by atoms with Crippen LogP contribution in [0.15, 0.2) is 0 Å². The van der Waals surface area contributed by atoms with Gasteiger partial charge in [0, 0.05) is 26.2 Å². The Morgan fingerprint density at radius 2 is 2.12 bits per heavy atom. The number of hydrogen-bond acceptors (Lipinski definition) is 3. The molecule has 0 aromatic rings. The van der Waals surface area contributed by atoms with Crippen molar-refractivity contribution in [2.45, 2.75) is 45.1 Å². The van der Waals surface area contributed by atoms with Gasteiger partial charge in [-0.3, -0.25) is 0 Å². The Labute approximate surface area is 107 Å². The normalized spacial score (nSPS) is 29.8. The van der Waals surface area contributed by atoms with Gasteiger partial charge in [-0.05, 0) is 38.1 Å². The van der Waals surface area contributed by atoms with Crippen molar-refractivity contribution in [2.75, 3.05) is 33.9 Å². The van der Waals surface area contributed by atoms with Crippen LogP contribution in [0, 0.1) is 11.8 Å². The number of nitrogens with zero attached hydrogens (tertiary/aromatic N) is 1.